The number of urea groups is 1. The Morgan fingerprint density at radius 2 is 1.55 bits per heavy atom. The largest absolute Gasteiger partial charge is 0.490 e. The molecule has 3 aromatic carbocycles. The number of ether oxygens (including phenoxy) is 3. The van der Waals surface area contributed by atoms with Crippen LogP contribution in [0.3, 0.4) is 0 Å². The van der Waals surface area contributed by atoms with Crippen molar-refractivity contribution in [2.75, 3.05) is 24.7 Å². The molecule has 0 bridgehead atoms. The van der Waals surface area contributed by atoms with Crippen molar-refractivity contribution in [3.05, 3.63) is 87.4 Å². The summed E-state index contributed by atoms with van der Waals surface area (Å²) >= 11 is 3.33. The quantitative estimate of drug-likeness (QED) is 0.202. The molecule has 0 radical (unpaired) electrons. The Morgan fingerprint density at radius 3 is 2.24 bits per heavy atom. The first-order valence-electron chi connectivity index (χ1n) is 12.0. The Hall–Kier alpha value is -4.11. The van der Waals surface area contributed by atoms with Crippen LogP contribution in [0.5, 0.6) is 17.2 Å². The fraction of sp³-hybridized carbons (Fsp3) is 0.207. The van der Waals surface area contributed by atoms with Gasteiger partial charge in [0, 0.05) is 4.47 Å². The second kappa shape index (κ2) is 12.0. The first-order chi connectivity index (χ1) is 18.3. The van der Waals surface area contributed by atoms with Gasteiger partial charge >= 0.3 is 6.03 Å². The maximum absolute atomic E-state index is 13.1. The van der Waals surface area contributed by atoms with Gasteiger partial charge in [0.1, 0.15) is 24.5 Å². The number of anilines is 1. The Kier molecular flexibility index (Phi) is 8.48. The zero-order valence-corrected chi connectivity index (χ0v) is 22.8. The van der Waals surface area contributed by atoms with Gasteiger partial charge in [0.05, 0.1) is 12.3 Å². The number of nitrogens with zero attached hydrogens (tertiary/aromatic N) is 1. The summed E-state index contributed by atoms with van der Waals surface area (Å²) in [5, 5.41) is 2.23. The molecule has 0 aliphatic carbocycles. The molecule has 8 nitrogen and oxygen atoms in total. The number of nitrogens with one attached hydrogen (secondary N) is 1. The molecule has 1 heterocycles. The van der Waals surface area contributed by atoms with Crippen molar-refractivity contribution >= 4 is 45.5 Å². The Bertz CT molecular complexity index is 1380. The summed E-state index contributed by atoms with van der Waals surface area (Å²) in [5.74, 6) is 0.316. The van der Waals surface area contributed by atoms with Gasteiger partial charge in [0.2, 0.25) is 0 Å². The highest BCUT2D eigenvalue weighted by Gasteiger charge is 2.36. The number of hydrogen-bond acceptors (Lipinski definition) is 6. The van der Waals surface area contributed by atoms with Crippen LogP contribution in [-0.2, 0) is 9.59 Å². The van der Waals surface area contributed by atoms with Crippen molar-refractivity contribution in [2.24, 2.45) is 0 Å². The average Bonchev–Trinajstić information content (AvgIpc) is 2.88. The van der Waals surface area contributed by atoms with Crippen LogP contribution in [0, 0.1) is 13.8 Å². The van der Waals surface area contributed by atoms with Crippen LogP contribution >= 0.6 is 15.9 Å². The molecule has 0 atom stereocenters. The molecule has 4 amide bonds. The topological polar surface area (TPSA) is 94.2 Å². The molecule has 1 aliphatic heterocycles. The third kappa shape index (κ3) is 6.06. The fourth-order valence-corrected chi connectivity index (χ4v) is 4.24. The summed E-state index contributed by atoms with van der Waals surface area (Å²) in [5.41, 5.74) is 2.82. The molecule has 0 unspecified atom stereocenters. The van der Waals surface area contributed by atoms with Gasteiger partial charge in [-0.05, 0) is 79.9 Å². The van der Waals surface area contributed by atoms with E-state index < -0.39 is 17.8 Å². The summed E-state index contributed by atoms with van der Waals surface area (Å²) in [7, 11) is 0. The van der Waals surface area contributed by atoms with Crippen molar-refractivity contribution in [3.8, 4) is 17.2 Å². The van der Waals surface area contributed by atoms with Crippen molar-refractivity contribution in [3.63, 3.8) is 0 Å². The molecule has 0 aromatic heterocycles. The molecule has 196 valence electrons. The number of halogens is 1. The van der Waals surface area contributed by atoms with Crippen LogP contribution < -0.4 is 24.4 Å². The minimum atomic E-state index is -0.804. The van der Waals surface area contributed by atoms with Crippen LogP contribution in [0.1, 0.15) is 23.6 Å². The van der Waals surface area contributed by atoms with Crippen LogP contribution in [0.25, 0.3) is 6.08 Å². The van der Waals surface area contributed by atoms with Gasteiger partial charge < -0.3 is 14.2 Å². The number of carbonyl (C=O) groups excluding carboxylic acids is 3. The molecule has 9 heteroatoms. The Labute approximate surface area is 229 Å². The summed E-state index contributed by atoms with van der Waals surface area (Å²) in [6.07, 6.45) is 1.42. The summed E-state index contributed by atoms with van der Waals surface area (Å²) in [6.45, 7) is 6.86. The van der Waals surface area contributed by atoms with Gasteiger partial charge in [-0.1, -0.05) is 40.2 Å². The highest BCUT2D eigenvalue weighted by atomic mass is 79.9. The van der Waals surface area contributed by atoms with E-state index in [1.165, 1.54) is 6.08 Å². The second-order valence-electron chi connectivity index (χ2n) is 8.49. The molecular weight excluding hydrogens is 552 g/mol. The summed E-state index contributed by atoms with van der Waals surface area (Å²) in [4.78, 5) is 39.0. The monoisotopic (exact) mass is 578 g/mol. The summed E-state index contributed by atoms with van der Waals surface area (Å²) in [6, 6.07) is 16.9. The predicted octanol–water partition coefficient (Wildman–Crippen LogP) is 5.59. The second-order valence-corrected chi connectivity index (χ2v) is 9.41. The minimum Gasteiger partial charge on any atom is -0.490 e. The molecular formula is C29H27BrN2O6. The molecule has 1 N–H and O–H groups in total. The standard InChI is InChI=1S/C29H27BrN2O6/c1-4-36-25-17-20(8-13-24(25)37-14-15-38-26-18(2)6-5-7-19(26)3)16-23-27(33)31-29(35)32(28(23)34)22-11-9-21(30)10-12-22/h5-13,16-17H,4,14-15H2,1-3H3,(H,31,33,35)/b23-16+. The number of barbiturate groups is 1. The van der Waals surface area contributed by atoms with E-state index in [2.05, 4.69) is 21.2 Å². The molecule has 1 fully saturated rings. The number of aryl methyl sites for hydroxylation is 2. The fourth-order valence-electron chi connectivity index (χ4n) is 3.97. The summed E-state index contributed by atoms with van der Waals surface area (Å²) < 4.78 is 18.3. The highest BCUT2D eigenvalue weighted by Crippen LogP contribution is 2.31. The molecule has 4 rings (SSSR count). The van der Waals surface area contributed by atoms with E-state index >= 15 is 0 Å². The van der Waals surface area contributed by atoms with Crippen LogP contribution in [0.15, 0.2) is 70.7 Å². The van der Waals surface area contributed by atoms with Crippen molar-refractivity contribution in [2.45, 2.75) is 20.8 Å². The maximum Gasteiger partial charge on any atom is 0.335 e. The number of hydrogen-bond donors (Lipinski definition) is 1. The predicted molar refractivity (Wildman–Crippen MR) is 148 cm³/mol. The molecule has 1 aliphatic rings. The Balaban J connectivity index is 1.51. The number of imide groups is 2. The van der Waals surface area contributed by atoms with E-state index in [4.69, 9.17) is 14.2 Å². The minimum absolute atomic E-state index is 0.175. The third-order valence-corrected chi connectivity index (χ3v) is 6.29. The van der Waals surface area contributed by atoms with Crippen LogP contribution in [0.2, 0.25) is 0 Å². The smallest absolute Gasteiger partial charge is 0.335 e. The molecule has 0 spiro atoms. The van der Waals surface area contributed by atoms with Crippen molar-refractivity contribution in [1.82, 2.24) is 5.32 Å². The lowest BCUT2D eigenvalue weighted by Gasteiger charge is -2.26. The van der Waals surface area contributed by atoms with Gasteiger partial charge in [-0.25, -0.2) is 9.69 Å². The van der Waals surface area contributed by atoms with E-state index in [-0.39, 0.29) is 5.57 Å². The lowest BCUT2D eigenvalue weighted by molar-refractivity contribution is -0.122. The van der Waals surface area contributed by atoms with Crippen molar-refractivity contribution in [1.29, 1.82) is 0 Å². The number of rotatable bonds is 9. The lowest BCUT2D eigenvalue weighted by atomic mass is 10.1. The van der Waals surface area contributed by atoms with Crippen LogP contribution in [0.4, 0.5) is 10.5 Å². The first kappa shape index (κ1) is 26.9. The van der Waals surface area contributed by atoms with Gasteiger partial charge in [0.15, 0.2) is 11.5 Å². The normalized spacial score (nSPS) is 14.5. The molecule has 1 saturated heterocycles. The van der Waals surface area contributed by atoms with Crippen LogP contribution in [-0.4, -0.2) is 37.7 Å². The van der Waals surface area contributed by atoms with Gasteiger partial charge in [-0.2, -0.15) is 0 Å². The molecule has 0 saturated carbocycles. The van der Waals surface area contributed by atoms with E-state index in [0.717, 1.165) is 26.2 Å². The highest BCUT2D eigenvalue weighted by molar-refractivity contribution is 9.10. The number of benzene rings is 3. The molecule has 38 heavy (non-hydrogen) atoms. The zero-order chi connectivity index (χ0) is 27.2. The number of amides is 4. The van der Waals surface area contributed by atoms with E-state index in [9.17, 15) is 14.4 Å². The van der Waals surface area contributed by atoms with Crippen molar-refractivity contribution < 1.29 is 28.6 Å². The van der Waals surface area contributed by atoms with Gasteiger partial charge in [-0.15, -0.1) is 0 Å². The zero-order valence-electron chi connectivity index (χ0n) is 21.2. The first-order valence-corrected chi connectivity index (χ1v) is 12.8. The van der Waals surface area contributed by atoms with E-state index in [1.54, 1.807) is 42.5 Å². The number of para-hydroxylation sites is 1. The van der Waals surface area contributed by atoms with E-state index in [0.29, 0.717) is 42.6 Å². The molecule has 3 aromatic rings. The Morgan fingerprint density at radius 1 is 0.868 bits per heavy atom. The maximum atomic E-state index is 13.1. The van der Waals surface area contributed by atoms with E-state index in [1.807, 2.05) is 39.0 Å². The number of carbonyl (C=O) groups is 3. The lowest BCUT2D eigenvalue weighted by Crippen LogP contribution is -2.54. The SMILES string of the molecule is CCOc1cc(/C=C2\C(=O)NC(=O)N(c3ccc(Br)cc3)C2=O)ccc1OCCOc1c(C)cccc1C. The van der Waals surface area contributed by atoms with Gasteiger partial charge in [0.25, 0.3) is 11.8 Å². The van der Waals surface area contributed by atoms with Gasteiger partial charge in [-0.3, -0.25) is 14.9 Å². The average molecular weight is 579 g/mol. The third-order valence-electron chi connectivity index (χ3n) is 5.76.